The molecule has 0 spiro atoms. The van der Waals surface area contributed by atoms with E-state index >= 15 is 0 Å². The average molecular weight is 257 g/mol. The Morgan fingerprint density at radius 3 is 2.42 bits per heavy atom. The molecule has 19 heavy (non-hydrogen) atoms. The van der Waals surface area contributed by atoms with Crippen LogP contribution in [0.25, 0.3) is 0 Å². The Morgan fingerprint density at radius 2 is 1.79 bits per heavy atom. The maximum Gasteiger partial charge on any atom is 0.230 e. The van der Waals surface area contributed by atoms with Crippen molar-refractivity contribution < 1.29 is 14.5 Å². The van der Waals surface area contributed by atoms with Crippen molar-refractivity contribution in [2.24, 2.45) is 0 Å². The molecule has 0 saturated heterocycles. The number of amides is 1. The molecule has 0 bridgehead atoms. The number of hydrogen-bond donors (Lipinski definition) is 2. The van der Waals surface area contributed by atoms with Gasteiger partial charge in [-0.15, -0.1) is 0 Å². The van der Waals surface area contributed by atoms with E-state index in [1.165, 1.54) is 5.56 Å². The van der Waals surface area contributed by atoms with Gasteiger partial charge in [-0.1, -0.05) is 0 Å². The second-order valence-electron chi connectivity index (χ2n) is 4.46. The lowest BCUT2D eigenvalue weighted by Crippen LogP contribution is -2.34. The van der Waals surface area contributed by atoms with Crippen LogP contribution < -0.4 is 9.88 Å². The molecular weight excluding hydrogens is 240 g/mol. The summed E-state index contributed by atoms with van der Waals surface area (Å²) in [5, 5.41) is 11.9. The van der Waals surface area contributed by atoms with Gasteiger partial charge >= 0.3 is 0 Å². The number of aromatic hydroxyl groups is 1. The highest BCUT2D eigenvalue weighted by molar-refractivity contribution is 5.90. The first-order chi connectivity index (χ1) is 9.13. The molecule has 0 atom stereocenters. The van der Waals surface area contributed by atoms with Crippen LogP contribution in [-0.2, 0) is 11.3 Å². The predicted molar refractivity (Wildman–Crippen MR) is 72.7 cm³/mol. The molecule has 2 rings (SSSR count). The second kappa shape index (κ2) is 6.00. The summed E-state index contributed by atoms with van der Waals surface area (Å²) < 4.78 is 1.98. The maximum absolute atomic E-state index is 11.8. The fourth-order valence-electron chi connectivity index (χ4n) is 1.68. The van der Waals surface area contributed by atoms with Crippen LogP contribution >= 0.6 is 0 Å². The first kappa shape index (κ1) is 13.1. The van der Waals surface area contributed by atoms with Gasteiger partial charge in [0.1, 0.15) is 5.75 Å². The van der Waals surface area contributed by atoms with Crippen LogP contribution in [-0.4, -0.2) is 11.0 Å². The minimum Gasteiger partial charge on any atom is -0.508 e. The number of pyridine rings is 1. The zero-order valence-corrected chi connectivity index (χ0v) is 10.8. The highest BCUT2D eigenvalue weighted by Crippen LogP contribution is 2.13. The van der Waals surface area contributed by atoms with Crippen LogP contribution in [0.1, 0.15) is 12.0 Å². The third-order valence-electron chi connectivity index (χ3n) is 2.81. The number of benzene rings is 1. The lowest BCUT2D eigenvalue weighted by Gasteiger charge is -2.04. The summed E-state index contributed by atoms with van der Waals surface area (Å²) in [4.78, 5) is 11.8. The number of nitrogens with zero attached hydrogens (tertiary/aromatic N) is 1. The standard InChI is InChI=1S/C15H16N2O2/c1-12-6-9-17(10-7-12)11-8-15(19)16-13-2-4-14(18)5-3-13/h2-7,9-10H,8,11H2,1H3,(H-,16,18,19)/p+1. The molecule has 98 valence electrons. The van der Waals surface area contributed by atoms with Crippen molar-refractivity contribution in [3.05, 3.63) is 54.4 Å². The molecular formula is C15H17N2O2+. The van der Waals surface area contributed by atoms with E-state index in [2.05, 4.69) is 5.32 Å². The van der Waals surface area contributed by atoms with Gasteiger partial charge in [0.25, 0.3) is 0 Å². The Morgan fingerprint density at radius 1 is 1.16 bits per heavy atom. The number of hydrogen-bond acceptors (Lipinski definition) is 2. The fraction of sp³-hybridized carbons (Fsp3) is 0.200. The van der Waals surface area contributed by atoms with Gasteiger partial charge in [-0.25, -0.2) is 4.57 Å². The third-order valence-corrected chi connectivity index (χ3v) is 2.81. The van der Waals surface area contributed by atoms with Crippen molar-refractivity contribution in [1.82, 2.24) is 0 Å². The predicted octanol–water partition coefficient (Wildman–Crippen LogP) is 2.02. The quantitative estimate of drug-likeness (QED) is 0.650. The average Bonchev–Trinajstić information content (AvgIpc) is 2.41. The van der Waals surface area contributed by atoms with Crippen LogP contribution in [0.3, 0.4) is 0 Å². The summed E-state index contributed by atoms with van der Waals surface area (Å²) in [5.41, 5.74) is 1.89. The topological polar surface area (TPSA) is 53.2 Å². The number of phenolic OH excluding ortho intramolecular Hbond substituents is 1. The van der Waals surface area contributed by atoms with E-state index in [0.717, 1.165) is 0 Å². The van der Waals surface area contributed by atoms with Gasteiger partial charge in [-0.3, -0.25) is 4.79 Å². The molecule has 1 aromatic carbocycles. The first-order valence-electron chi connectivity index (χ1n) is 6.18. The summed E-state index contributed by atoms with van der Waals surface area (Å²) in [5.74, 6) is 0.145. The number of rotatable bonds is 4. The van der Waals surface area contributed by atoms with Crippen LogP contribution in [0.5, 0.6) is 5.75 Å². The Hall–Kier alpha value is -2.36. The van der Waals surface area contributed by atoms with E-state index in [1.807, 2.05) is 36.0 Å². The summed E-state index contributed by atoms with van der Waals surface area (Å²) >= 11 is 0. The van der Waals surface area contributed by atoms with Crippen molar-refractivity contribution in [2.75, 3.05) is 5.32 Å². The molecule has 4 heteroatoms. The largest absolute Gasteiger partial charge is 0.508 e. The van der Waals surface area contributed by atoms with Crippen molar-refractivity contribution in [2.45, 2.75) is 19.9 Å². The van der Waals surface area contributed by atoms with Crippen molar-refractivity contribution in [3.63, 3.8) is 0 Å². The lowest BCUT2D eigenvalue weighted by molar-refractivity contribution is -0.695. The van der Waals surface area contributed by atoms with Gasteiger partial charge in [0.15, 0.2) is 18.9 Å². The zero-order chi connectivity index (χ0) is 13.7. The fourth-order valence-corrected chi connectivity index (χ4v) is 1.68. The van der Waals surface area contributed by atoms with Gasteiger partial charge in [0, 0.05) is 17.8 Å². The van der Waals surface area contributed by atoms with E-state index in [1.54, 1.807) is 24.3 Å². The van der Waals surface area contributed by atoms with E-state index in [-0.39, 0.29) is 11.7 Å². The molecule has 2 N–H and O–H groups in total. The normalized spacial score (nSPS) is 10.2. The van der Waals surface area contributed by atoms with Gasteiger partial charge < -0.3 is 10.4 Å². The number of aromatic nitrogens is 1. The molecule has 0 radical (unpaired) electrons. The minimum absolute atomic E-state index is 0.0428. The van der Waals surface area contributed by atoms with E-state index in [9.17, 15) is 4.79 Å². The monoisotopic (exact) mass is 257 g/mol. The number of phenols is 1. The van der Waals surface area contributed by atoms with Gasteiger partial charge in [-0.2, -0.15) is 0 Å². The van der Waals surface area contributed by atoms with Crippen LogP contribution in [0.4, 0.5) is 5.69 Å². The molecule has 0 saturated carbocycles. The number of aryl methyl sites for hydroxylation is 2. The molecule has 4 nitrogen and oxygen atoms in total. The molecule has 0 fully saturated rings. The summed E-state index contributed by atoms with van der Waals surface area (Å²) in [7, 11) is 0. The Bertz CT molecular complexity index is 547. The highest BCUT2D eigenvalue weighted by Gasteiger charge is 2.06. The highest BCUT2D eigenvalue weighted by atomic mass is 16.3. The van der Waals surface area contributed by atoms with Crippen molar-refractivity contribution >= 4 is 11.6 Å². The van der Waals surface area contributed by atoms with Crippen LogP contribution in [0, 0.1) is 6.92 Å². The maximum atomic E-state index is 11.8. The summed E-state index contributed by atoms with van der Waals surface area (Å²) in [6, 6.07) is 10.5. The minimum atomic E-state index is -0.0428. The Kier molecular flexibility index (Phi) is 4.13. The van der Waals surface area contributed by atoms with Gasteiger partial charge in [-0.05, 0) is 36.8 Å². The summed E-state index contributed by atoms with van der Waals surface area (Å²) in [6.45, 7) is 2.67. The molecule has 2 aromatic rings. The Labute approximate surface area is 112 Å². The van der Waals surface area contributed by atoms with Crippen molar-refractivity contribution in [1.29, 1.82) is 0 Å². The number of anilines is 1. The van der Waals surface area contributed by atoms with Gasteiger partial charge in [0.05, 0.1) is 6.42 Å². The SMILES string of the molecule is Cc1cc[n+](CCC(=O)Nc2ccc(O)cc2)cc1. The molecule has 0 aliphatic rings. The lowest BCUT2D eigenvalue weighted by atomic mass is 10.3. The smallest absolute Gasteiger partial charge is 0.230 e. The number of carbonyl (C=O) groups is 1. The molecule has 0 aliphatic heterocycles. The number of carbonyl (C=O) groups excluding carboxylic acids is 1. The number of nitrogens with one attached hydrogen (secondary N) is 1. The Balaban J connectivity index is 1.84. The summed E-state index contributed by atoms with van der Waals surface area (Å²) in [6.07, 6.45) is 4.33. The molecule has 1 amide bonds. The molecule has 1 heterocycles. The van der Waals surface area contributed by atoms with E-state index in [0.29, 0.717) is 18.7 Å². The van der Waals surface area contributed by atoms with Crippen LogP contribution in [0.2, 0.25) is 0 Å². The van der Waals surface area contributed by atoms with Crippen LogP contribution in [0.15, 0.2) is 48.8 Å². The second-order valence-corrected chi connectivity index (χ2v) is 4.46. The van der Waals surface area contributed by atoms with Gasteiger partial charge in [0.2, 0.25) is 5.91 Å². The molecule has 0 aliphatic carbocycles. The third kappa shape index (κ3) is 4.10. The zero-order valence-electron chi connectivity index (χ0n) is 10.8. The van der Waals surface area contributed by atoms with Crippen molar-refractivity contribution in [3.8, 4) is 5.75 Å². The first-order valence-corrected chi connectivity index (χ1v) is 6.18. The van der Waals surface area contributed by atoms with E-state index in [4.69, 9.17) is 5.11 Å². The van der Waals surface area contributed by atoms with E-state index < -0.39 is 0 Å². The molecule has 0 unspecified atom stereocenters. The molecule has 1 aromatic heterocycles.